The monoisotopic (exact) mass is 494 g/mol. The zero-order chi connectivity index (χ0) is 26.2. The Labute approximate surface area is 221 Å². The summed E-state index contributed by atoms with van der Waals surface area (Å²) in [5.41, 5.74) is 8.56. The Balaban J connectivity index is 1.38. The minimum atomic E-state index is -0.244. The highest BCUT2D eigenvalue weighted by molar-refractivity contribution is 6.33. The minimum Gasteiger partial charge on any atom is -0.492 e. The smallest absolute Gasteiger partial charge is 0.193 e. The fraction of sp³-hybridized carbons (Fsp3) is 0.364. The number of allylic oxidation sites excluding steroid dienone is 2. The summed E-state index contributed by atoms with van der Waals surface area (Å²) in [6.45, 7) is 13.3. The van der Waals surface area contributed by atoms with E-state index in [1.165, 1.54) is 22.4 Å². The number of anilines is 1. The first-order valence-corrected chi connectivity index (χ1v) is 13.5. The van der Waals surface area contributed by atoms with Crippen molar-refractivity contribution in [3.8, 4) is 5.75 Å². The molecule has 0 bridgehead atoms. The van der Waals surface area contributed by atoms with E-state index in [1.54, 1.807) is 0 Å². The molecule has 0 N–H and O–H groups in total. The maximum Gasteiger partial charge on any atom is 0.193 e. The normalized spacial score (nSPS) is 15.5. The molecule has 0 heterocycles. The molecule has 2 aliphatic rings. The van der Waals surface area contributed by atoms with Gasteiger partial charge in [-0.15, -0.1) is 0 Å². The van der Waals surface area contributed by atoms with Crippen LogP contribution < -0.4 is 9.64 Å². The van der Waals surface area contributed by atoms with Gasteiger partial charge in [0, 0.05) is 42.4 Å². The summed E-state index contributed by atoms with van der Waals surface area (Å²) in [5, 5.41) is 0. The summed E-state index contributed by atoms with van der Waals surface area (Å²) in [6.07, 6.45) is 0.808. The lowest BCUT2D eigenvalue weighted by Crippen LogP contribution is -2.30. The lowest BCUT2D eigenvalue weighted by atomic mass is 9.68. The summed E-state index contributed by atoms with van der Waals surface area (Å²) in [4.78, 5) is 18.4. The van der Waals surface area contributed by atoms with Crippen LogP contribution in [0.3, 0.4) is 0 Å². The number of hydrogen-bond donors (Lipinski definition) is 0. The third kappa shape index (κ3) is 4.71. The first kappa shape index (κ1) is 25.3. The predicted octanol–water partition coefficient (Wildman–Crippen LogP) is 6.53. The number of nitrogens with zero attached hydrogens (tertiary/aromatic N) is 2. The predicted molar refractivity (Wildman–Crippen MR) is 153 cm³/mol. The van der Waals surface area contributed by atoms with Crippen LogP contribution in [0.1, 0.15) is 60.3 Å². The van der Waals surface area contributed by atoms with Crippen LogP contribution in [0.25, 0.3) is 5.57 Å². The molecule has 3 aromatic rings. The van der Waals surface area contributed by atoms with Gasteiger partial charge in [-0.1, -0.05) is 64.1 Å². The van der Waals surface area contributed by atoms with Gasteiger partial charge in [0.05, 0.1) is 0 Å². The Morgan fingerprint density at radius 1 is 0.919 bits per heavy atom. The highest BCUT2D eigenvalue weighted by Gasteiger charge is 2.43. The second-order valence-corrected chi connectivity index (χ2v) is 10.8. The molecule has 0 unspecified atom stereocenters. The first-order valence-electron chi connectivity index (χ1n) is 13.5. The molecule has 0 spiro atoms. The third-order valence-electron chi connectivity index (χ3n) is 8.19. The van der Waals surface area contributed by atoms with E-state index in [0.717, 1.165) is 60.6 Å². The lowest BCUT2D eigenvalue weighted by molar-refractivity contribution is 0.105. The van der Waals surface area contributed by atoms with Gasteiger partial charge in [0.1, 0.15) is 12.4 Å². The standard InChI is InChI=1S/C33H38N2O2/c1-6-35(7-2)17-18-37-26-14-16-28-29(21-26)33(3,4)30-20-24-19-25(13-15-27(24)31(30)32(28)36)34(5)22-23-11-9-8-10-12-23/h8-16,19,21H,6-7,17-18,20,22H2,1-5H3. The van der Waals surface area contributed by atoms with E-state index in [2.05, 4.69) is 93.1 Å². The van der Waals surface area contributed by atoms with Crippen LogP contribution in [0, 0.1) is 0 Å². The molecule has 0 atom stereocenters. The summed E-state index contributed by atoms with van der Waals surface area (Å²) in [5.74, 6) is 0.985. The minimum absolute atomic E-state index is 0.142. The highest BCUT2D eigenvalue weighted by atomic mass is 16.5. The maximum absolute atomic E-state index is 13.8. The molecule has 0 radical (unpaired) electrons. The zero-order valence-electron chi connectivity index (χ0n) is 22.8. The molecule has 2 aliphatic carbocycles. The summed E-state index contributed by atoms with van der Waals surface area (Å²) < 4.78 is 6.12. The van der Waals surface area contributed by atoms with Gasteiger partial charge in [-0.25, -0.2) is 0 Å². The summed E-state index contributed by atoms with van der Waals surface area (Å²) in [6, 6.07) is 23.1. The lowest BCUT2D eigenvalue weighted by Gasteiger charge is -2.34. The largest absolute Gasteiger partial charge is 0.492 e. The van der Waals surface area contributed by atoms with Crippen LogP contribution in [-0.4, -0.2) is 44.0 Å². The van der Waals surface area contributed by atoms with E-state index in [9.17, 15) is 4.79 Å². The fourth-order valence-electron chi connectivity index (χ4n) is 5.85. The van der Waals surface area contributed by atoms with Gasteiger partial charge in [0.25, 0.3) is 0 Å². The Hall–Kier alpha value is -3.37. The molecule has 4 heteroatoms. The molecule has 0 saturated heterocycles. The van der Waals surface area contributed by atoms with Crippen molar-refractivity contribution in [1.29, 1.82) is 0 Å². The molecule has 3 aromatic carbocycles. The quantitative estimate of drug-likeness (QED) is 0.339. The highest BCUT2D eigenvalue weighted by Crippen LogP contribution is 2.50. The van der Waals surface area contributed by atoms with Gasteiger partial charge >= 0.3 is 0 Å². The number of fused-ring (bicyclic) bond motifs is 3. The molecule has 0 aliphatic heterocycles. The van der Waals surface area contributed by atoms with Gasteiger partial charge in [-0.2, -0.15) is 0 Å². The maximum atomic E-state index is 13.8. The second-order valence-electron chi connectivity index (χ2n) is 10.8. The van der Waals surface area contributed by atoms with Crippen LogP contribution in [0.15, 0.2) is 72.3 Å². The third-order valence-corrected chi connectivity index (χ3v) is 8.19. The van der Waals surface area contributed by atoms with Gasteiger partial charge in [-0.05, 0) is 77.7 Å². The molecule has 0 saturated carbocycles. The molecule has 0 aromatic heterocycles. The Bertz CT molecular complexity index is 1340. The van der Waals surface area contributed by atoms with Crippen molar-refractivity contribution in [3.63, 3.8) is 0 Å². The summed E-state index contributed by atoms with van der Waals surface area (Å²) in [7, 11) is 2.13. The van der Waals surface area contributed by atoms with E-state index in [-0.39, 0.29) is 11.2 Å². The number of carbonyl (C=O) groups excluding carboxylic acids is 1. The van der Waals surface area contributed by atoms with Crippen molar-refractivity contribution >= 4 is 17.0 Å². The topological polar surface area (TPSA) is 32.8 Å². The van der Waals surface area contributed by atoms with Gasteiger partial charge in [0.2, 0.25) is 0 Å². The number of ketones is 1. The van der Waals surface area contributed by atoms with Crippen molar-refractivity contribution in [1.82, 2.24) is 4.90 Å². The van der Waals surface area contributed by atoms with E-state index in [0.29, 0.717) is 6.61 Å². The number of rotatable bonds is 9. The molecular formula is C33H38N2O2. The van der Waals surface area contributed by atoms with Crippen molar-refractivity contribution in [2.45, 2.75) is 46.1 Å². The Morgan fingerprint density at radius 2 is 1.65 bits per heavy atom. The van der Waals surface area contributed by atoms with Crippen LogP contribution >= 0.6 is 0 Å². The number of ether oxygens (including phenoxy) is 1. The van der Waals surface area contributed by atoms with Gasteiger partial charge < -0.3 is 14.5 Å². The SMILES string of the molecule is CCN(CC)CCOc1ccc2c(c1)C(C)(C)C1=C(C2=O)c2ccc(N(C)Cc3ccccc3)cc2C1. The van der Waals surface area contributed by atoms with Crippen molar-refractivity contribution in [3.05, 3.63) is 100 Å². The van der Waals surface area contributed by atoms with Gasteiger partial charge in [0.15, 0.2) is 5.78 Å². The molecule has 0 fully saturated rings. The molecule has 5 rings (SSSR count). The number of hydrogen-bond acceptors (Lipinski definition) is 4. The van der Waals surface area contributed by atoms with Crippen LogP contribution in [0.5, 0.6) is 5.75 Å². The van der Waals surface area contributed by atoms with Crippen molar-refractivity contribution in [2.24, 2.45) is 0 Å². The van der Waals surface area contributed by atoms with E-state index >= 15 is 0 Å². The molecule has 192 valence electrons. The number of benzene rings is 3. The average molecular weight is 495 g/mol. The fourth-order valence-corrected chi connectivity index (χ4v) is 5.85. The average Bonchev–Trinajstić information content (AvgIpc) is 3.31. The van der Waals surface area contributed by atoms with Crippen molar-refractivity contribution in [2.75, 3.05) is 38.2 Å². The first-order chi connectivity index (χ1) is 17.8. The molecule has 37 heavy (non-hydrogen) atoms. The van der Waals surface area contributed by atoms with Crippen molar-refractivity contribution < 1.29 is 9.53 Å². The number of carbonyl (C=O) groups is 1. The van der Waals surface area contributed by atoms with Gasteiger partial charge in [-0.3, -0.25) is 4.79 Å². The Morgan fingerprint density at radius 3 is 2.38 bits per heavy atom. The molecular weight excluding hydrogens is 456 g/mol. The van der Waals surface area contributed by atoms with Crippen LogP contribution in [0.4, 0.5) is 5.69 Å². The molecule has 4 nitrogen and oxygen atoms in total. The van der Waals surface area contributed by atoms with E-state index < -0.39 is 0 Å². The Kier molecular flexibility index (Phi) is 6.96. The van der Waals surface area contributed by atoms with E-state index in [1.807, 2.05) is 18.2 Å². The summed E-state index contributed by atoms with van der Waals surface area (Å²) >= 11 is 0. The molecule has 0 amide bonds. The van der Waals surface area contributed by atoms with Crippen LogP contribution in [0.2, 0.25) is 0 Å². The zero-order valence-corrected chi connectivity index (χ0v) is 22.8. The second kappa shape index (κ2) is 10.2. The number of Topliss-reactive ketones (excluding diaryl/α,β-unsaturated/α-hetero) is 1. The van der Waals surface area contributed by atoms with E-state index in [4.69, 9.17) is 4.74 Å². The number of likely N-dealkylation sites (N-methyl/N-ethyl adjacent to an activating group) is 1. The van der Waals surface area contributed by atoms with Crippen LogP contribution in [-0.2, 0) is 18.4 Å².